The first-order chi connectivity index (χ1) is 13.5. The minimum absolute atomic E-state index is 0.256. The van der Waals surface area contributed by atoms with E-state index >= 15 is 0 Å². The van der Waals surface area contributed by atoms with E-state index in [1.54, 1.807) is 4.68 Å². The average Bonchev–Trinajstić information content (AvgIpc) is 3.25. The number of carbonyl (C=O) groups excluding carboxylic acids is 1. The molecule has 0 saturated heterocycles. The van der Waals surface area contributed by atoms with E-state index in [4.69, 9.17) is 11.6 Å². The van der Waals surface area contributed by atoms with Crippen molar-refractivity contribution in [2.75, 3.05) is 0 Å². The van der Waals surface area contributed by atoms with Gasteiger partial charge in [0.05, 0.1) is 28.7 Å². The van der Waals surface area contributed by atoms with E-state index in [0.29, 0.717) is 16.3 Å². The van der Waals surface area contributed by atoms with Gasteiger partial charge in [0.15, 0.2) is 0 Å². The Labute approximate surface area is 171 Å². The van der Waals surface area contributed by atoms with Gasteiger partial charge in [-0.15, -0.1) is 11.3 Å². The maximum absolute atomic E-state index is 12.5. The largest absolute Gasteiger partial charge is 0.272 e. The molecule has 1 N–H and O–H groups in total. The van der Waals surface area contributed by atoms with Crippen molar-refractivity contribution in [2.24, 2.45) is 5.10 Å². The molecule has 2 aromatic carbocycles. The van der Waals surface area contributed by atoms with Crippen molar-refractivity contribution < 1.29 is 4.79 Å². The molecule has 7 heteroatoms. The van der Waals surface area contributed by atoms with Gasteiger partial charge in [-0.25, -0.2) is 10.1 Å². The number of benzene rings is 2. The van der Waals surface area contributed by atoms with E-state index in [9.17, 15) is 4.79 Å². The molecule has 4 aromatic rings. The summed E-state index contributed by atoms with van der Waals surface area (Å²) in [6, 6.07) is 15.7. The quantitative estimate of drug-likeness (QED) is 0.376. The Morgan fingerprint density at radius 2 is 1.93 bits per heavy atom. The lowest BCUT2D eigenvalue weighted by atomic mass is 10.2. The van der Waals surface area contributed by atoms with E-state index in [1.807, 2.05) is 67.8 Å². The van der Waals surface area contributed by atoms with Gasteiger partial charge in [0.2, 0.25) is 0 Å². The third-order valence-corrected chi connectivity index (χ3v) is 5.74. The van der Waals surface area contributed by atoms with E-state index < -0.39 is 0 Å². The molecule has 0 saturated carbocycles. The predicted molar refractivity (Wildman–Crippen MR) is 115 cm³/mol. The molecule has 28 heavy (non-hydrogen) atoms. The zero-order chi connectivity index (χ0) is 19.7. The maximum Gasteiger partial charge on any atom is 0.272 e. The van der Waals surface area contributed by atoms with Crippen LogP contribution in [0.25, 0.3) is 15.8 Å². The van der Waals surface area contributed by atoms with Crippen molar-refractivity contribution >= 4 is 45.1 Å². The van der Waals surface area contributed by atoms with E-state index in [1.165, 1.54) is 17.6 Å². The number of hydrogen-bond donors (Lipinski definition) is 1. The lowest BCUT2D eigenvalue weighted by Gasteiger charge is -2.03. The summed E-state index contributed by atoms with van der Waals surface area (Å²) in [7, 11) is 0. The monoisotopic (exact) mass is 408 g/mol. The van der Waals surface area contributed by atoms with Crippen LogP contribution in [0.2, 0.25) is 5.15 Å². The molecular weight excluding hydrogens is 392 g/mol. The third kappa shape index (κ3) is 3.44. The van der Waals surface area contributed by atoms with Crippen LogP contribution in [0, 0.1) is 13.8 Å². The second kappa shape index (κ2) is 7.58. The van der Waals surface area contributed by atoms with Gasteiger partial charge in [0.25, 0.3) is 5.91 Å². The van der Waals surface area contributed by atoms with Crippen molar-refractivity contribution in [1.29, 1.82) is 0 Å². The number of aromatic nitrogens is 2. The van der Waals surface area contributed by atoms with Crippen molar-refractivity contribution in [3.63, 3.8) is 0 Å². The number of nitrogens with zero attached hydrogens (tertiary/aromatic N) is 3. The lowest BCUT2D eigenvalue weighted by molar-refractivity contribution is 0.0957. The molecule has 0 radical (unpaired) electrons. The summed E-state index contributed by atoms with van der Waals surface area (Å²) in [6.45, 7) is 3.88. The SMILES string of the molecule is Cc1ccc(-n2nc(C)c(/C=N/NC(=O)c3csc4ccccc34)c2Cl)cc1. The van der Waals surface area contributed by atoms with Gasteiger partial charge in [0.1, 0.15) is 5.15 Å². The highest BCUT2D eigenvalue weighted by molar-refractivity contribution is 7.17. The van der Waals surface area contributed by atoms with Gasteiger partial charge < -0.3 is 0 Å². The number of rotatable bonds is 4. The van der Waals surface area contributed by atoms with Crippen LogP contribution in [0.4, 0.5) is 0 Å². The van der Waals surface area contributed by atoms with Crippen LogP contribution in [0.3, 0.4) is 0 Å². The van der Waals surface area contributed by atoms with Crippen LogP contribution >= 0.6 is 22.9 Å². The molecule has 0 bridgehead atoms. The molecule has 4 rings (SSSR count). The molecule has 0 fully saturated rings. The highest BCUT2D eigenvalue weighted by atomic mass is 35.5. The van der Waals surface area contributed by atoms with Crippen LogP contribution in [-0.2, 0) is 0 Å². The first-order valence-electron chi connectivity index (χ1n) is 8.66. The molecule has 5 nitrogen and oxygen atoms in total. The summed E-state index contributed by atoms with van der Waals surface area (Å²) in [5.74, 6) is -0.256. The van der Waals surface area contributed by atoms with Gasteiger partial charge in [-0.3, -0.25) is 4.79 Å². The second-order valence-corrected chi connectivity index (χ2v) is 7.65. The molecule has 2 heterocycles. The zero-order valence-corrected chi connectivity index (χ0v) is 16.9. The zero-order valence-electron chi connectivity index (χ0n) is 15.3. The molecule has 0 aliphatic carbocycles. The smallest absolute Gasteiger partial charge is 0.267 e. The predicted octanol–water partition coefficient (Wildman–Crippen LogP) is 5.12. The van der Waals surface area contributed by atoms with Crippen molar-refractivity contribution in [3.05, 3.63) is 81.4 Å². The molecule has 1 amide bonds. The number of fused-ring (bicyclic) bond motifs is 1. The van der Waals surface area contributed by atoms with Gasteiger partial charge in [-0.05, 0) is 32.0 Å². The van der Waals surface area contributed by atoms with Crippen molar-refractivity contribution in [2.45, 2.75) is 13.8 Å². The Morgan fingerprint density at radius 1 is 1.18 bits per heavy atom. The minimum Gasteiger partial charge on any atom is -0.267 e. The number of hydrogen-bond acceptors (Lipinski definition) is 4. The van der Waals surface area contributed by atoms with E-state index in [0.717, 1.165) is 27.0 Å². The van der Waals surface area contributed by atoms with E-state index in [-0.39, 0.29) is 5.91 Å². The van der Waals surface area contributed by atoms with Gasteiger partial charge in [-0.2, -0.15) is 10.2 Å². The fraction of sp³-hybridized carbons (Fsp3) is 0.0952. The number of nitrogens with one attached hydrogen (secondary N) is 1. The van der Waals surface area contributed by atoms with Crippen LogP contribution < -0.4 is 5.43 Å². The molecule has 0 aliphatic heterocycles. The summed E-state index contributed by atoms with van der Waals surface area (Å²) in [4.78, 5) is 12.5. The number of carbonyl (C=O) groups is 1. The molecular formula is C21H17ClN4OS. The summed E-state index contributed by atoms with van der Waals surface area (Å²) in [5.41, 5.74) is 6.61. The number of aryl methyl sites for hydroxylation is 2. The molecule has 0 spiro atoms. The molecule has 0 atom stereocenters. The standard InChI is InChI=1S/C21H17ClN4OS/c1-13-7-9-15(10-8-13)26-20(22)17(14(2)25-26)11-23-24-21(27)18-12-28-19-6-4-3-5-16(18)19/h3-12H,1-2H3,(H,24,27)/b23-11+. The highest BCUT2D eigenvalue weighted by Crippen LogP contribution is 2.25. The fourth-order valence-corrected chi connectivity index (χ4v) is 4.15. The first kappa shape index (κ1) is 18.4. The average molecular weight is 409 g/mol. The Balaban J connectivity index is 1.55. The second-order valence-electron chi connectivity index (χ2n) is 6.38. The Morgan fingerprint density at radius 3 is 2.71 bits per heavy atom. The van der Waals surface area contributed by atoms with Crippen LogP contribution in [0.1, 0.15) is 27.2 Å². The van der Waals surface area contributed by atoms with Gasteiger partial charge in [0, 0.05) is 15.5 Å². The van der Waals surface area contributed by atoms with Gasteiger partial charge in [-0.1, -0.05) is 47.5 Å². The lowest BCUT2D eigenvalue weighted by Crippen LogP contribution is -2.17. The molecule has 140 valence electrons. The number of halogens is 1. The normalized spacial score (nSPS) is 11.4. The van der Waals surface area contributed by atoms with Crippen LogP contribution in [-0.4, -0.2) is 21.9 Å². The van der Waals surface area contributed by atoms with Gasteiger partial charge >= 0.3 is 0 Å². The minimum atomic E-state index is -0.256. The Hall–Kier alpha value is -2.96. The third-order valence-electron chi connectivity index (χ3n) is 4.41. The Kier molecular flexibility index (Phi) is 4.98. The summed E-state index contributed by atoms with van der Waals surface area (Å²) < 4.78 is 2.72. The summed E-state index contributed by atoms with van der Waals surface area (Å²) in [6.07, 6.45) is 1.53. The summed E-state index contributed by atoms with van der Waals surface area (Å²) >= 11 is 8.03. The Bertz CT molecular complexity index is 1190. The summed E-state index contributed by atoms with van der Waals surface area (Å²) in [5, 5.41) is 11.8. The number of thiophene rings is 1. The topological polar surface area (TPSA) is 59.3 Å². The maximum atomic E-state index is 12.5. The fourth-order valence-electron chi connectivity index (χ4n) is 2.88. The van der Waals surface area contributed by atoms with E-state index in [2.05, 4.69) is 15.6 Å². The molecule has 0 aliphatic rings. The molecule has 2 aromatic heterocycles. The number of amides is 1. The first-order valence-corrected chi connectivity index (χ1v) is 9.92. The van der Waals surface area contributed by atoms with Crippen molar-refractivity contribution in [1.82, 2.24) is 15.2 Å². The molecule has 0 unspecified atom stereocenters. The number of hydrazone groups is 1. The van der Waals surface area contributed by atoms with Crippen LogP contribution in [0.15, 0.2) is 59.0 Å². The van der Waals surface area contributed by atoms with Crippen molar-refractivity contribution in [3.8, 4) is 5.69 Å². The van der Waals surface area contributed by atoms with Crippen LogP contribution in [0.5, 0.6) is 0 Å². The highest BCUT2D eigenvalue weighted by Gasteiger charge is 2.14.